The average Bonchev–Trinajstić information content (AvgIpc) is 2.28. The first-order valence-corrected chi connectivity index (χ1v) is 5.64. The fourth-order valence-electron chi connectivity index (χ4n) is 2.07. The Bertz CT molecular complexity index is 366. The Morgan fingerprint density at radius 2 is 1.88 bits per heavy atom. The lowest BCUT2D eigenvalue weighted by molar-refractivity contribution is 0.0603. The molecule has 2 atom stereocenters. The highest BCUT2D eigenvalue weighted by Gasteiger charge is 2.34. The van der Waals surface area contributed by atoms with Gasteiger partial charge in [-0.25, -0.2) is 0 Å². The molecule has 0 spiro atoms. The second-order valence-corrected chi connectivity index (χ2v) is 4.94. The van der Waals surface area contributed by atoms with Crippen LogP contribution in [0.25, 0.3) is 0 Å². The largest absolute Gasteiger partial charge is 0.387 e. The number of aliphatic hydroxyl groups is 1. The van der Waals surface area contributed by atoms with Crippen molar-refractivity contribution in [2.75, 3.05) is 0 Å². The van der Waals surface area contributed by atoms with E-state index >= 15 is 0 Å². The van der Waals surface area contributed by atoms with Crippen molar-refractivity contribution in [2.24, 2.45) is 11.3 Å². The van der Waals surface area contributed by atoms with E-state index in [1.54, 1.807) is 0 Å². The Kier molecular flexibility index (Phi) is 4.09. The zero-order chi connectivity index (χ0) is 12.2. The maximum absolute atomic E-state index is 10.3. The van der Waals surface area contributed by atoms with Crippen molar-refractivity contribution in [1.82, 2.24) is 0 Å². The second-order valence-electron chi connectivity index (χ2n) is 4.94. The number of benzene rings is 1. The molecule has 0 saturated heterocycles. The van der Waals surface area contributed by atoms with Crippen molar-refractivity contribution in [1.29, 1.82) is 5.26 Å². The minimum atomic E-state index is -0.721. The fraction of sp³-hybridized carbons (Fsp3) is 0.500. The van der Waals surface area contributed by atoms with Crippen LogP contribution >= 0.6 is 0 Å². The minimum absolute atomic E-state index is 0.392. The van der Waals surface area contributed by atoms with Gasteiger partial charge in [0.05, 0.1) is 17.6 Å². The Morgan fingerprint density at radius 1 is 1.31 bits per heavy atom. The van der Waals surface area contributed by atoms with E-state index in [0.29, 0.717) is 12.3 Å². The van der Waals surface area contributed by atoms with Crippen molar-refractivity contribution in [3.05, 3.63) is 35.9 Å². The molecule has 0 aromatic heterocycles. The molecule has 1 N–H and O–H groups in total. The van der Waals surface area contributed by atoms with E-state index in [1.165, 1.54) is 0 Å². The third-order valence-electron chi connectivity index (χ3n) is 2.81. The summed E-state index contributed by atoms with van der Waals surface area (Å²) in [5.41, 5.74) is 0.0994. The molecule has 0 bridgehead atoms. The van der Waals surface area contributed by atoms with Gasteiger partial charge in [-0.15, -0.1) is 0 Å². The average molecular weight is 217 g/mol. The third kappa shape index (κ3) is 2.84. The lowest BCUT2D eigenvalue weighted by atomic mass is 9.76. The SMILES string of the molecule is CC(C)CC(C)(C#N)C(O)c1ccccc1. The van der Waals surface area contributed by atoms with Crippen LogP contribution in [0.3, 0.4) is 0 Å². The van der Waals surface area contributed by atoms with Gasteiger partial charge in [-0.05, 0) is 24.8 Å². The summed E-state index contributed by atoms with van der Waals surface area (Å²) in [4.78, 5) is 0. The molecule has 2 nitrogen and oxygen atoms in total. The predicted molar refractivity (Wildman–Crippen MR) is 64.6 cm³/mol. The normalized spacial score (nSPS) is 16.5. The predicted octanol–water partition coefficient (Wildman–Crippen LogP) is 3.30. The molecule has 1 aromatic carbocycles. The molecule has 1 aromatic rings. The van der Waals surface area contributed by atoms with Crippen LogP contribution in [-0.2, 0) is 0 Å². The van der Waals surface area contributed by atoms with E-state index in [2.05, 4.69) is 19.9 Å². The van der Waals surface area contributed by atoms with Gasteiger partial charge in [0.2, 0.25) is 0 Å². The van der Waals surface area contributed by atoms with Crippen molar-refractivity contribution < 1.29 is 5.11 Å². The van der Waals surface area contributed by atoms with E-state index in [9.17, 15) is 10.4 Å². The van der Waals surface area contributed by atoms with Crippen LogP contribution in [-0.4, -0.2) is 5.11 Å². The molecule has 0 amide bonds. The third-order valence-corrected chi connectivity index (χ3v) is 2.81. The summed E-state index contributed by atoms with van der Waals surface area (Å²) in [6.45, 7) is 5.95. The summed E-state index contributed by atoms with van der Waals surface area (Å²) >= 11 is 0. The topological polar surface area (TPSA) is 44.0 Å². The highest BCUT2D eigenvalue weighted by atomic mass is 16.3. The first-order valence-electron chi connectivity index (χ1n) is 5.64. The number of hydrogen-bond donors (Lipinski definition) is 1. The quantitative estimate of drug-likeness (QED) is 0.841. The Labute approximate surface area is 97.5 Å². The Balaban J connectivity index is 2.94. The summed E-state index contributed by atoms with van der Waals surface area (Å²) < 4.78 is 0. The number of rotatable bonds is 4. The van der Waals surface area contributed by atoms with E-state index < -0.39 is 11.5 Å². The molecular formula is C14H19NO. The van der Waals surface area contributed by atoms with Gasteiger partial charge in [0.15, 0.2) is 0 Å². The lowest BCUT2D eigenvalue weighted by Crippen LogP contribution is -2.25. The van der Waals surface area contributed by atoms with E-state index in [4.69, 9.17) is 0 Å². The van der Waals surface area contributed by atoms with Crippen molar-refractivity contribution in [2.45, 2.75) is 33.3 Å². The molecule has 2 unspecified atom stereocenters. The molecule has 0 aliphatic rings. The molecule has 0 fully saturated rings. The molecule has 0 radical (unpaired) electrons. The second kappa shape index (κ2) is 5.14. The smallest absolute Gasteiger partial charge is 0.0973 e. The number of hydrogen-bond acceptors (Lipinski definition) is 2. The fourth-order valence-corrected chi connectivity index (χ4v) is 2.07. The van der Waals surface area contributed by atoms with Gasteiger partial charge in [-0.2, -0.15) is 5.26 Å². The number of aliphatic hydroxyl groups excluding tert-OH is 1. The summed E-state index contributed by atoms with van der Waals surface area (Å²) in [7, 11) is 0. The van der Waals surface area contributed by atoms with Gasteiger partial charge in [0.1, 0.15) is 0 Å². The Hall–Kier alpha value is -1.33. The molecule has 0 aliphatic carbocycles. The van der Waals surface area contributed by atoms with Gasteiger partial charge >= 0.3 is 0 Å². The first kappa shape index (κ1) is 12.7. The lowest BCUT2D eigenvalue weighted by Gasteiger charge is -2.29. The number of nitriles is 1. The molecule has 0 aliphatic heterocycles. The van der Waals surface area contributed by atoms with Crippen molar-refractivity contribution in [3.63, 3.8) is 0 Å². The zero-order valence-electron chi connectivity index (χ0n) is 10.1. The standard InChI is InChI=1S/C14H19NO/c1-11(2)9-14(3,10-15)13(16)12-7-5-4-6-8-12/h4-8,11,13,16H,9H2,1-3H3. The van der Waals surface area contributed by atoms with E-state index in [0.717, 1.165) is 5.56 Å². The molecule has 2 heteroatoms. The maximum atomic E-state index is 10.3. The molecule has 0 saturated carbocycles. The van der Waals surface area contributed by atoms with Gasteiger partial charge in [-0.1, -0.05) is 44.2 Å². The molecule has 1 rings (SSSR count). The van der Waals surface area contributed by atoms with Gasteiger partial charge in [0, 0.05) is 0 Å². The van der Waals surface area contributed by atoms with Crippen molar-refractivity contribution >= 4 is 0 Å². The van der Waals surface area contributed by atoms with Crippen LogP contribution < -0.4 is 0 Å². The van der Waals surface area contributed by atoms with Crippen LogP contribution in [0.4, 0.5) is 0 Å². The molecular weight excluding hydrogens is 198 g/mol. The highest BCUT2D eigenvalue weighted by molar-refractivity contribution is 5.22. The van der Waals surface area contributed by atoms with Crippen LogP contribution in [0.15, 0.2) is 30.3 Å². The van der Waals surface area contributed by atoms with Gasteiger partial charge in [-0.3, -0.25) is 0 Å². The maximum Gasteiger partial charge on any atom is 0.0973 e. The summed E-state index contributed by atoms with van der Waals surface area (Å²) in [6.07, 6.45) is -0.0272. The Morgan fingerprint density at radius 3 is 2.31 bits per heavy atom. The van der Waals surface area contributed by atoms with Crippen LogP contribution in [0, 0.1) is 22.7 Å². The molecule has 0 heterocycles. The van der Waals surface area contributed by atoms with Gasteiger partial charge in [0.25, 0.3) is 0 Å². The summed E-state index contributed by atoms with van der Waals surface area (Å²) in [5.74, 6) is 0.392. The first-order chi connectivity index (χ1) is 7.49. The number of nitrogens with zero attached hydrogens (tertiary/aromatic N) is 1. The minimum Gasteiger partial charge on any atom is -0.387 e. The van der Waals surface area contributed by atoms with Crippen LogP contribution in [0.5, 0.6) is 0 Å². The van der Waals surface area contributed by atoms with Gasteiger partial charge < -0.3 is 5.11 Å². The van der Waals surface area contributed by atoms with Crippen LogP contribution in [0.2, 0.25) is 0 Å². The zero-order valence-corrected chi connectivity index (χ0v) is 10.1. The van der Waals surface area contributed by atoms with Crippen molar-refractivity contribution in [3.8, 4) is 6.07 Å². The monoisotopic (exact) mass is 217 g/mol. The molecule has 86 valence electrons. The summed E-state index contributed by atoms with van der Waals surface area (Å²) in [5, 5.41) is 19.5. The molecule has 16 heavy (non-hydrogen) atoms. The van der Waals surface area contributed by atoms with E-state index in [1.807, 2.05) is 37.3 Å². The van der Waals surface area contributed by atoms with Crippen LogP contribution in [0.1, 0.15) is 38.9 Å². The van der Waals surface area contributed by atoms with E-state index in [-0.39, 0.29) is 0 Å². The summed E-state index contributed by atoms with van der Waals surface area (Å²) in [6, 6.07) is 11.6. The highest BCUT2D eigenvalue weighted by Crippen LogP contribution is 2.38.